The molecule has 2 aromatic carbocycles. The molecule has 1 N–H and O–H groups in total. The highest BCUT2D eigenvalue weighted by molar-refractivity contribution is 9.10. The number of anilines is 1. The Hall–Kier alpha value is -1.84. The molecule has 1 aromatic heterocycles. The van der Waals surface area contributed by atoms with Crippen molar-refractivity contribution in [1.29, 1.82) is 0 Å². The van der Waals surface area contributed by atoms with Crippen LogP contribution in [0, 0.1) is 0 Å². The fourth-order valence-electron chi connectivity index (χ4n) is 2.66. The van der Waals surface area contributed by atoms with Crippen molar-refractivity contribution in [2.45, 2.75) is 24.8 Å². The number of rotatable bonds is 5. The van der Waals surface area contributed by atoms with Gasteiger partial charge in [0.2, 0.25) is 0 Å². The van der Waals surface area contributed by atoms with Gasteiger partial charge in [-0.3, -0.25) is 14.1 Å². The summed E-state index contributed by atoms with van der Waals surface area (Å²) in [5.41, 5.74) is 1.18. The van der Waals surface area contributed by atoms with Gasteiger partial charge >= 0.3 is 4.87 Å². The van der Waals surface area contributed by atoms with Crippen molar-refractivity contribution >= 4 is 53.2 Å². The number of halogens is 1. The first-order valence-electron chi connectivity index (χ1n) is 7.74. The molecule has 26 heavy (non-hydrogen) atoms. The van der Waals surface area contributed by atoms with Crippen LogP contribution >= 0.6 is 27.3 Å². The Bertz CT molecular complexity index is 1130. The van der Waals surface area contributed by atoms with E-state index in [4.69, 9.17) is 4.74 Å². The molecule has 1 heterocycles. The zero-order valence-corrected chi connectivity index (χ0v) is 17.5. The van der Waals surface area contributed by atoms with Gasteiger partial charge in [0.15, 0.2) is 0 Å². The van der Waals surface area contributed by atoms with Crippen LogP contribution in [0.25, 0.3) is 10.2 Å². The third-order valence-corrected chi connectivity index (χ3v) is 6.61. The lowest BCUT2D eigenvalue weighted by atomic mass is 10.3. The van der Waals surface area contributed by atoms with Crippen LogP contribution in [-0.4, -0.2) is 20.1 Å². The standard InChI is InChI=1S/C17H17BrN2O4S2/c1-10(2)20-13-6-5-12(9-15(13)25-17(20)21)19-26(22,23)16-8-11(18)4-7-14(16)24-3/h4-10,19H,1-3H3. The molecular formula is C17H17BrN2O4S2. The smallest absolute Gasteiger partial charge is 0.308 e. The summed E-state index contributed by atoms with van der Waals surface area (Å²) in [6.45, 7) is 3.87. The van der Waals surface area contributed by atoms with E-state index in [2.05, 4.69) is 20.7 Å². The molecule has 0 saturated carbocycles. The molecule has 0 amide bonds. The number of ether oxygens (including phenoxy) is 1. The van der Waals surface area contributed by atoms with E-state index >= 15 is 0 Å². The molecular weight excluding hydrogens is 440 g/mol. The molecule has 0 spiro atoms. The lowest BCUT2D eigenvalue weighted by Crippen LogP contribution is -2.15. The second-order valence-corrected chi connectivity index (χ2v) is 9.47. The minimum absolute atomic E-state index is 0.0300. The Morgan fingerprint density at radius 3 is 2.58 bits per heavy atom. The highest BCUT2D eigenvalue weighted by Crippen LogP contribution is 2.30. The van der Waals surface area contributed by atoms with E-state index in [1.54, 1.807) is 34.9 Å². The summed E-state index contributed by atoms with van der Waals surface area (Å²) >= 11 is 4.37. The van der Waals surface area contributed by atoms with E-state index in [-0.39, 0.29) is 21.6 Å². The predicted octanol–water partition coefficient (Wildman–Crippen LogP) is 4.22. The topological polar surface area (TPSA) is 77.4 Å². The molecule has 0 aliphatic carbocycles. The number of nitrogens with one attached hydrogen (secondary N) is 1. The van der Waals surface area contributed by atoms with Crippen molar-refractivity contribution in [3.8, 4) is 5.75 Å². The third-order valence-electron chi connectivity index (χ3n) is 3.80. The number of nitrogens with zero attached hydrogens (tertiary/aromatic N) is 1. The molecule has 0 aliphatic heterocycles. The van der Waals surface area contributed by atoms with Crippen molar-refractivity contribution in [3.05, 3.63) is 50.5 Å². The fraction of sp³-hybridized carbons (Fsp3) is 0.235. The molecule has 0 saturated heterocycles. The summed E-state index contributed by atoms with van der Waals surface area (Å²) in [4.78, 5) is 12.1. The maximum absolute atomic E-state index is 12.8. The first kappa shape index (κ1) is 18.9. The zero-order chi connectivity index (χ0) is 19.1. The molecule has 3 aromatic rings. The van der Waals surface area contributed by atoms with Crippen molar-refractivity contribution < 1.29 is 13.2 Å². The van der Waals surface area contributed by atoms with Crippen molar-refractivity contribution in [3.63, 3.8) is 0 Å². The van der Waals surface area contributed by atoms with Gasteiger partial charge < -0.3 is 4.74 Å². The summed E-state index contributed by atoms with van der Waals surface area (Å²) in [7, 11) is -2.44. The lowest BCUT2D eigenvalue weighted by molar-refractivity contribution is 0.403. The second kappa shape index (κ2) is 7.05. The summed E-state index contributed by atoms with van der Waals surface area (Å²) < 4.78 is 36.3. The van der Waals surface area contributed by atoms with Crippen LogP contribution in [0.5, 0.6) is 5.75 Å². The number of sulfonamides is 1. The average molecular weight is 457 g/mol. The third kappa shape index (κ3) is 3.51. The minimum atomic E-state index is -3.85. The Balaban J connectivity index is 2.03. The van der Waals surface area contributed by atoms with Crippen LogP contribution < -0.4 is 14.3 Å². The Labute approximate surface area is 163 Å². The zero-order valence-electron chi connectivity index (χ0n) is 14.3. The summed E-state index contributed by atoms with van der Waals surface area (Å²) in [5, 5.41) is 0. The number of fused-ring (bicyclic) bond motifs is 1. The van der Waals surface area contributed by atoms with Crippen LogP contribution in [0.3, 0.4) is 0 Å². The van der Waals surface area contributed by atoms with E-state index in [1.807, 2.05) is 13.8 Å². The van der Waals surface area contributed by atoms with Gasteiger partial charge in [-0.25, -0.2) is 8.42 Å². The highest BCUT2D eigenvalue weighted by Gasteiger charge is 2.21. The molecule has 0 radical (unpaired) electrons. The molecule has 9 heteroatoms. The first-order valence-corrected chi connectivity index (χ1v) is 10.8. The largest absolute Gasteiger partial charge is 0.495 e. The monoisotopic (exact) mass is 456 g/mol. The summed E-state index contributed by atoms with van der Waals surface area (Å²) in [5.74, 6) is 0.248. The molecule has 0 unspecified atom stereocenters. The molecule has 0 aliphatic rings. The van der Waals surface area contributed by atoms with Gasteiger partial charge in [-0.2, -0.15) is 0 Å². The average Bonchev–Trinajstić information content (AvgIpc) is 2.89. The highest BCUT2D eigenvalue weighted by atomic mass is 79.9. The molecule has 3 rings (SSSR count). The predicted molar refractivity (Wildman–Crippen MR) is 108 cm³/mol. The van der Waals surface area contributed by atoms with Crippen LogP contribution in [0.4, 0.5) is 5.69 Å². The minimum Gasteiger partial charge on any atom is -0.495 e. The van der Waals surface area contributed by atoms with E-state index in [1.165, 1.54) is 13.2 Å². The van der Waals surface area contributed by atoms with E-state index in [0.29, 0.717) is 10.2 Å². The van der Waals surface area contributed by atoms with E-state index < -0.39 is 10.0 Å². The van der Waals surface area contributed by atoms with Gasteiger partial charge in [-0.05, 0) is 50.2 Å². The Morgan fingerprint density at radius 1 is 1.19 bits per heavy atom. The van der Waals surface area contributed by atoms with Gasteiger partial charge in [0.05, 0.1) is 23.0 Å². The fourth-order valence-corrected chi connectivity index (χ4v) is 5.47. The molecule has 0 fully saturated rings. The number of thiazole rings is 1. The van der Waals surface area contributed by atoms with E-state index in [0.717, 1.165) is 21.6 Å². The lowest BCUT2D eigenvalue weighted by Gasteiger charge is -2.12. The SMILES string of the molecule is COc1ccc(Br)cc1S(=O)(=O)Nc1ccc2c(c1)sc(=O)n2C(C)C. The molecule has 0 atom stereocenters. The number of hydrogen-bond acceptors (Lipinski definition) is 5. The maximum Gasteiger partial charge on any atom is 0.308 e. The quantitative estimate of drug-likeness (QED) is 0.623. The van der Waals surface area contributed by atoms with Gasteiger partial charge in [-0.15, -0.1) is 0 Å². The van der Waals surface area contributed by atoms with E-state index in [9.17, 15) is 13.2 Å². The molecule has 0 bridgehead atoms. The number of aromatic nitrogens is 1. The van der Waals surface area contributed by atoms with Crippen molar-refractivity contribution in [2.24, 2.45) is 0 Å². The van der Waals surface area contributed by atoms with Gasteiger partial charge in [0.25, 0.3) is 10.0 Å². The van der Waals surface area contributed by atoms with Crippen LogP contribution in [-0.2, 0) is 10.0 Å². The van der Waals surface area contributed by atoms with Gasteiger partial charge in [0, 0.05) is 10.5 Å². The molecule has 138 valence electrons. The van der Waals surface area contributed by atoms with Crippen molar-refractivity contribution in [1.82, 2.24) is 4.57 Å². The van der Waals surface area contributed by atoms with Crippen molar-refractivity contribution in [2.75, 3.05) is 11.8 Å². The summed E-state index contributed by atoms with van der Waals surface area (Å²) in [6.07, 6.45) is 0. The Kier molecular flexibility index (Phi) is 5.14. The van der Waals surface area contributed by atoms with Gasteiger partial charge in [0.1, 0.15) is 10.6 Å². The van der Waals surface area contributed by atoms with Crippen LogP contribution in [0.1, 0.15) is 19.9 Å². The number of hydrogen-bond donors (Lipinski definition) is 1. The maximum atomic E-state index is 12.8. The second-order valence-electron chi connectivity index (χ2n) is 5.91. The molecule has 6 nitrogen and oxygen atoms in total. The van der Waals surface area contributed by atoms with Gasteiger partial charge in [-0.1, -0.05) is 27.3 Å². The van der Waals surface area contributed by atoms with Crippen LogP contribution in [0.2, 0.25) is 0 Å². The number of benzene rings is 2. The first-order chi connectivity index (χ1) is 12.2. The number of methoxy groups -OCH3 is 1. The normalized spacial score (nSPS) is 11.9. The van der Waals surface area contributed by atoms with Crippen LogP contribution in [0.15, 0.2) is 50.6 Å². The Morgan fingerprint density at radius 2 is 1.92 bits per heavy atom. The summed E-state index contributed by atoms with van der Waals surface area (Å²) in [6, 6.07) is 9.87.